The Bertz CT molecular complexity index is 1060. The summed E-state index contributed by atoms with van der Waals surface area (Å²) in [5, 5.41) is 11.2. The van der Waals surface area contributed by atoms with E-state index in [9.17, 15) is 14.7 Å². The number of benzene rings is 2. The zero-order valence-electron chi connectivity index (χ0n) is 20.7. The number of nitrogens with zero attached hydrogens (tertiary/aromatic N) is 2. The van der Waals surface area contributed by atoms with Crippen LogP contribution in [0.5, 0.6) is 11.5 Å². The first-order chi connectivity index (χ1) is 16.9. The van der Waals surface area contributed by atoms with Crippen LogP contribution in [0.15, 0.2) is 66.8 Å². The van der Waals surface area contributed by atoms with Crippen molar-refractivity contribution in [3.63, 3.8) is 0 Å². The maximum absolute atomic E-state index is 13.2. The van der Waals surface area contributed by atoms with E-state index >= 15 is 0 Å². The normalized spacial score (nSPS) is 17.1. The van der Waals surface area contributed by atoms with Gasteiger partial charge in [0, 0.05) is 18.7 Å². The molecule has 1 unspecified atom stereocenters. The second-order valence-corrected chi connectivity index (χ2v) is 8.15. The molecule has 1 amide bonds. The predicted molar refractivity (Wildman–Crippen MR) is 137 cm³/mol. The highest BCUT2D eigenvalue weighted by Crippen LogP contribution is 2.39. The summed E-state index contributed by atoms with van der Waals surface area (Å²) in [6.45, 7) is 13.2. The van der Waals surface area contributed by atoms with E-state index in [1.54, 1.807) is 35.2 Å². The molecule has 186 valence electrons. The van der Waals surface area contributed by atoms with Crippen LogP contribution in [0.3, 0.4) is 0 Å². The van der Waals surface area contributed by atoms with E-state index in [4.69, 9.17) is 9.47 Å². The van der Waals surface area contributed by atoms with Crippen molar-refractivity contribution in [2.45, 2.75) is 26.8 Å². The number of ketones is 1. The third-order valence-electron chi connectivity index (χ3n) is 6.09. The molecule has 35 heavy (non-hydrogen) atoms. The molecule has 7 heteroatoms. The van der Waals surface area contributed by atoms with E-state index in [-0.39, 0.29) is 11.3 Å². The third-order valence-corrected chi connectivity index (χ3v) is 6.09. The molecule has 0 radical (unpaired) electrons. The molecule has 1 atom stereocenters. The van der Waals surface area contributed by atoms with Gasteiger partial charge in [0.25, 0.3) is 11.7 Å². The van der Waals surface area contributed by atoms with Crippen molar-refractivity contribution in [2.24, 2.45) is 0 Å². The SMILES string of the molecule is C=CCOc1ccc(/C(O)=C2/C(=O)C(=O)N(CCN(CC)CC)C2c2ccc(OCC)cc2)cc1. The lowest BCUT2D eigenvalue weighted by Crippen LogP contribution is -2.38. The lowest BCUT2D eigenvalue weighted by Gasteiger charge is -2.28. The van der Waals surface area contributed by atoms with Crippen LogP contribution in [-0.2, 0) is 9.59 Å². The second kappa shape index (κ2) is 12.2. The zero-order chi connectivity index (χ0) is 25.4. The molecule has 1 aliphatic rings. The number of hydrogen-bond acceptors (Lipinski definition) is 6. The molecule has 1 saturated heterocycles. The number of ether oxygens (including phenoxy) is 2. The molecular formula is C28H34N2O5. The van der Waals surface area contributed by atoms with Crippen LogP contribution in [0.1, 0.15) is 37.9 Å². The number of aliphatic hydroxyl groups is 1. The number of likely N-dealkylation sites (tertiary alicyclic amines) is 1. The minimum absolute atomic E-state index is 0.0819. The maximum Gasteiger partial charge on any atom is 0.295 e. The zero-order valence-corrected chi connectivity index (χ0v) is 20.7. The first-order valence-electron chi connectivity index (χ1n) is 12.0. The van der Waals surface area contributed by atoms with Gasteiger partial charge in [0.2, 0.25) is 0 Å². The maximum atomic E-state index is 13.2. The van der Waals surface area contributed by atoms with Gasteiger partial charge in [-0.15, -0.1) is 0 Å². The number of amides is 1. The van der Waals surface area contributed by atoms with Crippen LogP contribution in [0.4, 0.5) is 0 Å². The summed E-state index contributed by atoms with van der Waals surface area (Å²) in [7, 11) is 0. The fourth-order valence-corrected chi connectivity index (χ4v) is 4.18. The predicted octanol–water partition coefficient (Wildman–Crippen LogP) is 4.41. The third kappa shape index (κ3) is 5.92. The van der Waals surface area contributed by atoms with Crippen molar-refractivity contribution in [2.75, 3.05) is 39.4 Å². The van der Waals surface area contributed by atoms with Crippen molar-refractivity contribution >= 4 is 17.4 Å². The Labute approximate surface area is 207 Å². The van der Waals surface area contributed by atoms with Crippen molar-refractivity contribution < 1.29 is 24.2 Å². The van der Waals surface area contributed by atoms with Crippen molar-refractivity contribution in [1.82, 2.24) is 9.80 Å². The molecule has 2 aromatic carbocycles. The van der Waals surface area contributed by atoms with Crippen LogP contribution in [0.2, 0.25) is 0 Å². The summed E-state index contributed by atoms with van der Waals surface area (Å²) >= 11 is 0. The Kier molecular flexibility index (Phi) is 9.09. The van der Waals surface area contributed by atoms with E-state index in [0.717, 1.165) is 18.7 Å². The van der Waals surface area contributed by atoms with E-state index in [1.807, 2.05) is 31.2 Å². The molecule has 0 aliphatic carbocycles. The number of Topliss-reactive ketones (excluding diaryl/α,β-unsaturated/α-hetero) is 1. The van der Waals surface area contributed by atoms with Gasteiger partial charge in [-0.1, -0.05) is 38.6 Å². The summed E-state index contributed by atoms with van der Waals surface area (Å²) in [4.78, 5) is 30.1. The van der Waals surface area contributed by atoms with Gasteiger partial charge in [0.15, 0.2) is 0 Å². The van der Waals surface area contributed by atoms with Crippen LogP contribution in [-0.4, -0.2) is 66.0 Å². The highest BCUT2D eigenvalue weighted by Gasteiger charge is 2.45. The summed E-state index contributed by atoms with van der Waals surface area (Å²) in [5.41, 5.74) is 1.26. The summed E-state index contributed by atoms with van der Waals surface area (Å²) in [5.74, 6) is -0.185. The fourth-order valence-electron chi connectivity index (χ4n) is 4.18. The van der Waals surface area contributed by atoms with E-state index in [2.05, 4.69) is 25.3 Å². The Hall–Kier alpha value is -3.58. The highest BCUT2D eigenvalue weighted by atomic mass is 16.5. The molecule has 0 saturated carbocycles. The average Bonchev–Trinajstić information content (AvgIpc) is 3.13. The van der Waals surface area contributed by atoms with Gasteiger partial charge in [-0.3, -0.25) is 9.59 Å². The number of carbonyl (C=O) groups is 2. The Balaban J connectivity index is 2.03. The van der Waals surface area contributed by atoms with Crippen molar-refractivity contribution in [3.8, 4) is 11.5 Å². The topological polar surface area (TPSA) is 79.3 Å². The number of aliphatic hydroxyl groups excluding tert-OH is 1. The molecule has 2 aromatic rings. The second-order valence-electron chi connectivity index (χ2n) is 8.15. The number of rotatable bonds is 12. The van der Waals surface area contributed by atoms with E-state index < -0.39 is 17.7 Å². The fraction of sp³-hybridized carbons (Fsp3) is 0.357. The molecule has 1 heterocycles. The average molecular weight is 479 g/mol. The molecule has 1 fully saturated rings. The molecule has 1 aliphatic heterocycles. The monoisotopic (exact) mass is 478 g/mol. The van der Waals surface area contributed by atoms with Gasteiger partial charge in [-0.2, -0.15) is 0 Å². The summed E-state index contributed by atoms with van der Waals surface area (Å²) < 4.78 is 11.1. The van der Waals surface area contributed by atoms with Crippen molar-refractivity contribution in [1.29, 1.82) is 0 Å². The van der Waals surface area contributed by atoms with Crippen LogP contribution < -0.4 is 9.47 Å². The minimum atomic E-state index is -0.696. The van der Waals surface area contributed by atoms with Gasteiger partial charge in [0.1, 0.15) is 23.9 Å². The Morgan fingerprint density at radius 3 is 2.17 bits per heavy atom. The first kappa shape index (κ1) is 26.0. The molecule has 0 spiro atoms. The molecular weight excluding hydrogens is 444 g/mol. The lowest BCUT2D eigenvalue weighted by molar-refractivity contribution is -0.140. The molecule has 3 rings (SSSR count). The minimum Gasteiger partial charge on any atom is -0.507 e. The van der Waals surface area contributed by atoms with Crippen LogP contribution in [0, 0.1) is 0 Å². The number of hydrogen-bond donors (Lipinski definition) is 1. The van der Waals surface area contributed by atoms with Gasteiger partial charge >= 0.3 is 0 Å². The Morgan fingerprint density at radius 1 is 1.00 bits per heavy atom. The van der Waals surface area contributed by atoms with Gasteiger partial charge < -0.3 is 24.4 Å². The Morgan fingerprint density at radius 2 is 1.60 bits per heavy atom. The first-order valence-corrected chi connectivity index (χ1v) is 12.0. The number of carbonyl (C=O) groups excluding carboxylic acids is 2. The van der Waals surface area contributed by atoms with Gasteiger partial charge in [0.05, 0.1) is 18.2 Å². The molecule has 0 aromatic heterocycles. The molecule has 0 bridgehead atoms. The molecule has 1 N–H and O–H groups in total. The standard InChI is InChI=1S/C28H34N2O5/c1-5-19-35-23-15-11-21(12-16-23)26(31)24-25(20-9-13-22(14-10-20)34-8-4)30(28(33)27(24)32)18-17-29(6-2)7-3/h5,9-16,25,31H,1,6-8,17-19H2,2-4H3/b26-24-. The summed E-state index contributed by atoms with van der Waals surface area (Å²) in [6, 6.07) is 13.4. The quantitative estimate of drug-likeness (QED) is 0.211. The largest absolute Gasteiger partial charge is 0.507 e. The highest BCUT2D eigenvalue weighted by molar-refractivity contribution is 6.46. The van der Waals surface area contributed by atoms with Crippen molar-refractivity contribution in [3.05, 3.63) is 77.9 Å². The lowest BCUT2D eigenvalue weighted by atomic mass is 9.95. The van der Waals surface area contributed by atoms with Crippen LogP contribution >= 0.6 is 0 Å². The van der Waals surface area contributed by atoms with E-state index in [0.29, 0.717) is 43.4 Å². The van der Waals surface area contributed by atoms with E-state index in [1.165, 1.54) is 0 Å². The number of likely N-dealkylation sites (N-methyl/N-ethyl adjacent to an activating group) is 1. The van der Waals surface area contributed by atoms with Gasteiger partial charge in [-0.05, 0) is 62.0 Å². The molecule has 7 nitrogen and oxygen atoms in total. The van der Waals surface area contributed by atoms with Crippen LogP contribution in [0.25, 0.3) is 5.76 Å². The van der Waals surface area contributed by atoms with Gasteiger partial charge in [-0.25, -0.2) is 0 Å². The smallest absolute Gasteiger partial charge is 0.295 e. The summed E-state index contributed by atoms with van der Waals surface area (Å²) in [6.07, 6.45) is 1.64.